The van der Waals surface area contributed by atoms with E-state index in [9.17, 15) is 0 Å². The minimum Gasteiger partial charge on any atom is -0.308 e. The van der Waals surface area contributed by atoms with E-state index < -0.39 is 0 Å². The van der Waals surface area contributed by atoms with E-state index in [0.29, 0.717) is 23.2 Å². The molecule has 0 spiro atoms. The van der Waals surface area contributed by atoms with Crippen molar-refractivity contribution in [2.24, 2.45) is 5.84 Å². The summed E-state index contributed by atoms with van der Waals surface area (Å²) in [6.45, 7) is 3.94. The van der Waals surface area contributed by atoms with Crippen LogP contribution in [-0.2, 0) is 6.42 Å². The van der Waals surface area contributed by atoms with Crippen LogP contribution < -0.4 is 11.3 Å². The van der Waals surface area contributed by atoms with Gasteiger partial charge < -0.3 is 5.43 Å². The van der Waals surface area contributed by atoms with Crippen LogP contribution in [0.25, 0.3) is 11.5 Å². The molecule has 0 saturated carbocycles. The minimum atomic E-state index is 0.569. The number of nitrogens with two attached hydrogens (primary N) is 1. The van der Waals surface area contributed by atoms with Gasteiger partial charge in [-0.1, -0.05) is 13.3 Å². The highest BCUT2D eigenvalue weighted by atomic mass is 15.3. The Kier molecular flexibility index (Phi) is 3.78. The van der Waals surface area contributed by atoms with E-state index in [1.807, 2.05) is 13.0 Å². The number of nitrogens with one attached hydrogen (secondary N) is 1. The summed E-state index contributed by atoms with van der Waals surface area (Å²) < 4.78 is 0. The number of hydrogen-bond donors (Lipinski definition) is 2. The zero-order valence-corrected chi connectivity index (χ0v) is 10.5. The Hall–Kier alpha value is -2.08. The van der Waals surface area contributed by atoms with Gasteiger partial charge in [0.05, 0.1) is 0 Å². The molecule has 0 unspecified atom stereocenters. The third-order valence-electron chi connectivity index (χ3n) is 2.44. The Labute approximate surface area is 106 Å². The van der Waals surface area contributed by atoms with Gasteiger partial charge in [-0.05, 0) is 19.4 Å². The molecule has 0 saturated heterocycles. The van der Waals surface area contributed by atoms with Gasteiger partial charge in [-0.25, -0.2) is 25.8 Å². The summed E-state index contributed by atoms with van der Waals surface area (Å²) in [5, 5.41) is 0. The summed E-state index contributed by atoms with van der Waals surface area (Å²) in [5.41, 5.74) is 4.21. The molecule has 6 nitrogen and oxygen atoms in total. The van der Waals surface area contributed by atoms with Gasteiger partial charge in [-0.2, -0.15) is 0 Å². The van der Waals surface area contributed by atoms with E-state index in [1.54, 1.807) is 12.3 Å². The van der Waals surface area contributed by atoms with E-state index >= 15 is 0 Å². The number of hydrogen-bond acceptors (Lipinski definition) is 6. The van der Waals surface area contributed by atoms with Crippen LogP contribution in [0.5, 0.6) is 0 Å². The molecule has 2 heterocycles. The number of aromatic nitrogens is 4. The van der Waals surface area contributed by atoms with Crippen LogP contribution in [0.2, 0.25) is 0 Å². The molecule has 0 amide bonds. The second kappa shape index (κ2) is 5.50. The molecule has 18 heavy (non-hydrogen) atoms. The molecule has 94 valence electrons. The van der Waals surface area contributed by atoms with Crippen molar-refractivity contribution in [2.45, 2.75) is 26.7 Å². The molecule has 2 aromatic heterocycles. The molecule has 0 aliphatic heterocycles. The number of nitrogen functional groups attached to an aromatic ring is 1. The maximum absolute atomic E-state index is 5.42. The van der Waals surface area contributed by atoms with Crippen molar-refractivity contribution in [1.82, 2.24) is 19.9 Å². The molecule has 0 aliphatic rings. The fourth-order valence-corrected chi connectivity index (χ4v) is 1.65. The lowest BCUT2D eigenvalue weighted by Crippen LogP contribution is -2.11. The lowest BCUT2D eigenvalue weighted by molar-refractivity contribution is 0.872. The van der Waals surface area contributed by atoms with E-state index in [-0.39, 0.29) is 0 Å². The highest BCUT2D eigenvalue weighted by molar-refractivity contribution is 5.52. The molecule has 0 aliphatic carbocycles. The zero-order chi connectivity index (χ0) is 13.0. The molecule has 0 bridgehead atoms. The molecule has 2 aromatic rings. The summed E-state index contributed by atoms with van der Waals surface area (Å²) in [5.74, 6) is 7.28. The first-order valence-electron chi connectivity index (χ1n) is 5.87. The predicted octanol–water partition coefficient (Wildman–Crippen LogP) is 1.48. The Morgan fingerprint density at radius 1 is 1.28 bits per heavy atom. The first-order valence-corrected chi connectivity index (χ1v) is 5.87. The lowest BCUT2D eigenvalue weighted by Gasteiger charge is -2.06. The number of anilines is 1. The highest BCUT2D eigenvalue weighted by Gasteiger charge is 2.07. The van der Waals surface area contributed by atoms with Crippen molar-refractivity contribution in [2.75, 3.05) is 5.43 Å². The first-order chi connectivity index (χ1) is 8.72. The minimum absolute atomic E-state index is 0.569. The Bertz CT molecular complexity index is 540. The standard InChI is InChI=1S/C12H16N6/c1-3-4-9-7-11(18-13)17-12(16-9)10-5-6-14-8(2)15-10/h5-7H,3-4,13H2,1-2H3,(H,16,17,18). The largest absolute Gasteiger partial charge is 0.308 e. The molecular formula is C12H16N6. The van der Waals surface area contributed by atoms with Crippen molar-refractivity contribution >= 4 is 5.82 Å². The number of hydrazine groups is 1. The molecule has 3 N–H and O–H groups in total. The summed E-state index contributed by atoms with van der Waals surface area (Å²) in [4.78, 5) is 17.2. The van der Waals surface area contributed by atoms with Crippen LogP contribution in [0.3, 0.4) is 0 Å². The normalized spacial score (nSPS) is 10.4. The van der Waals surface area contributed by atoms with Crippen LogP contribution >= 0.6 is 0 Å². The van der Waals surface area contributed by atoms with Gasteiger partial charge in [0.2, 0.25) is 0 Å². The van der Waals surface area contributed by atoms with Gasteiger partial charge in [-0.3, -0.25) is 0 Å². The highest BCUT2D eigenvalue weighted by Crippen LogP contribution is 2.16. The summed E-state index contributed by atoms with van der Waals surface area (Å²) in [6, 6.07) is 3.64. The summed E-state index contributed by atoms with van der Waals surface area (Å²) >= 11 is 0. The Morgan fingerprint density at radius 2 is 2.11 bits per heavy atom. The molecule has 2 rings (SSSR count). The van der Waals surface area contributed by atoms with Crippen LogP contribution in [-0.4, -0.2) is 19.9 Å². The molecule has 0 atom stereocenters. The van der Waals surface area contributed by atoms with E-state index in [4.69, 9.17) is 5.84 Å². The Balaban J connectivity index is 2.46. The van der Waals surface area contributed by atoms with E-state index in [1.165, 1.54) is 0 Å². The number of rotatable bonds is 4. The molecular weight excluding hydrogens is 228 g/mol. The van der Waals surface area contributed by atoms with Gasteiger partial charge in [0.25, 0.3) is 0 Å². The van der Waals surface area contributed by atoms with Gasteiger partial charge in [0.1, 0.15) is 17.3 Å². The van der Waals surface area contributed by atoms with Crippen LogP contribution in [0, 0.1) is 6.92 Å². The average Bonchev–Trinajstić information content (AvgIpc) is 2.39. The number of nitrogens with zero attached hydrogens (tertiary/aromatic N) is 4. The smallest absolute Gasteiger partial charge is 0.180 e. The van der Waals surface area contributed by atoms with Crippen LogP contribution in [0.15, 0.2) is 18.3 Å². The fraction of sp³-hybridized carbons (Fsp3) is 0.333. The average molecular weight is 244 g/mol. The van der Waals surface area contributed by atoms with Gasteiger partial charge >= 0.3 is 0 Å². The van der Waals surface area contributed by atoms with Crippen molar-refractivity contribution in [3.05, 3.63) is 29.8 Å². The first kappa shape index (κ1) is 12.4. The van der Waals surface area contributed by atoms with E-state index in [2.05, 4.69) is 32.3 Å². The third kappa shape index (κ3) is 2.78. The van der Waals surface area contributed by atoms with Crippen LogP contribution in [0.1, 0.15) is 24.9 Å². The summed E-state index contributed by atoms with van der Waals surface area (Å²) in [6.07, 6.45) is 3.60. The zero-order valence-electron chi connectivity index (χ0n) is 10.5. The van der Waals surface area contributed by atoms with Crippen molar-refractivity contribution in [3.63, 3.8) is 0 Å². The summed E-state index contributed by atoms with van der Waals surface area (Å²) in [7, 11) is 0. The predicted molar refractivity (Wildman–Crippen MR) is 69.6 cm³/mol. The van der Waals surface area contributed by atoms with Crippen molar-refractivity contribution < 1.29 is 0 Å². The molecule has 0 aromatic carbocycles. The van der Waals surface area contributed by atoms with E-state index in [0.717, 1.165) is 18.5 Å². The maximum Gasteiger partial charge on any atom is 0.180 e. The quantitative estimate of drug-likeness (QED) is 0.625. The van der Waals surface area contributed by atoms with Gasteiger partial charge in [0.15, 0.2) is 5.82 Å². The van der Waals surface area contributed by atoms with Crippen molar-refractivity contribution in [1.29, 1.82) is 0 Å². The Morgan fingerprint density at radius 3 is 2.78 bits per heavy atom. The topological polar surface area (TPSA) is 89.6 Å². The SMILES string of the molecule is CCCc1cc(NN)nc(-c2ccnc(C)n2)n1. The lowest BCUT2D eigenvalue weighted by atomic mass is 10.2. The third-order valence-corrected chi connectivity index (χ3v) is 2.44. The molecule has 0 fully saturated rings. The molecule has 0 radical (unpaired) electrons. The van der Waals surface area contributed by atoms with Crippen molar-refractivity contribution in [3.8, 4) is 11.5 Å². The fourth-order valence-electron chi connectivity index (χ4n) is 1.65. The monoisotopic (exact) mass is 244 g/mol. The number of aryl methyl sites for hydroxylation is 2. The van der Waals surface area contributed by atoms with Gasteiger partial charge in [0, 0.05) is 18.0 Å². The van der Waals surface area contributed by atoms with Crippen LogP contribution in [0.4, 0.5) is 5.82 Å². The second-order valence-corrected chi connectivity index (χ2v) is 3.95. The van der Waals surface area contributed by atoms with Gasteiger partial charge in [-0.15, -0.1) is 0 Å². The second-order valence-electron chi connectivity index (χ2n) is 3.95. The molecule has 6 heteroatoms. The maximum atomic E-state index is 5.42.